The van der Waals surface area contributed by atoms with Gasteiger partial charge in [-0.15, -0.1) is 11.3 Å². The third-order valence-corrected chi connectivity index (χ3v) is 5.12. The van der Waals surface area contributed by atoms with Gasteiger partial charge in [-0.3, -0.25) is 4.79 Å². The summed E-state index contributed by atoms with van der Waals surface area (Å²) >= 11 is 1.60. The summed E-state index contributed by atoms with van der Waals surface area (Å²) in [7, 11) is 0. The number of nitrogens with zero attached hydrogens (tertiary/aromatic N) is 2. The maximum atomic E-state index is 13.4. The zero-order chi connectivity index (χ0) is 15.5. The predicted octanol–water partition coefficient (Wildman–Crippen LogP) is 4.14. The van der Waals surface area contributed by atoms with E-state index in [0.29, 0.717) is 0 Å². The van der Waals surface area contributed by atoms with E-state index in [0.717, 1.165) is 36.4 Å². The first kappa shape index (κ1) is 15.2. The van der Waals surface area contributed by atoms with Crippen LogP contribution in [-0.4, -0.2) is 22.3 Å². The molecule has 2 unspecified atom stereocenters. The number of benzene rings is 1. The number of halogens is 1. The summed E-state index contributed by atoms with van der Waals surface area (Å²) in [5.41, 5.74) is 0.730. The second-order valence-electron chi connectivity index (χ2n) is 5.69. The van der Waals surface area contributed by atoms with Crippen molar-refractivity contribution in [1.82, 2.24) is 9.88 Å². The summed E-state index contributed by atoms with van der Waals surface area (Å²) in [6.45, 7) is 2.60. The Kier molecular flexibility index (Phi) is 4.52. The first-order chi connectivity index (χ1) is 10.7. The summed E-state index contributed by atoms with van der Waals surface area (Å²) < 4.78 is 13.4. The minimum absolute atomic E-state index is 0.0606. The number of amides is 1. The Balaban J connectivity index is 1.82. The maximum absolute atomic E-state index is 13.4. The first-order valence-corrected chi connectivity index (χ1v) is 8.50. The minimum Gasteiger partial charge on any atom is -0.333 e. The van der Waals surface area contributed by atoms with Gasteiger partial charge in [-0.05, 0) is 43.9 Å². The van der Waals surface area contributed by atoms with Crippen LogP contribution in [0.3, 0.4) is 0 Å². The molecular formula is C17H19FN2OS. The summed E-state index contributed by atoms with van der Waals surface area (Å²) in [5, 5.41) is 2.95. The van der Waals surface area contributed by atoms with Gasteiger partial charge in [0.25, 0.3) is 0 Å². The van der Waals surface area contributed by atoms with Crippen LogP contribution in [0, 0.1) is 5.82 Å². The second kappa shape index (κ2) is 6.57. The van der Waals surface area contributed by atoms with Crippen molar-refractivity contribution in [3.8, 4) is 0 Å². The molecule has 3 nitrogen and oxygen atoms in total. The van der Waals surface area contributed by atoms with Gasteiger partial charge in [0, 0.05) is 18.1 Å². The van der Waals surface area contributed by atoms with Crippen molar-refractivity contribution < 1.29 is 9.18 Å². The number of piperidine rings is 1. The predicted molar refractivity (Wildman–Crippen MR) is 85.2 cm³/mol. The Morgan fingerprint density at radius 2 is 2.32 bits per heavy atom. The van der Waals surface area contributed by atoms with Crippen LogP contribution >= 0.6 is 11.3 Å². The monoisotopic (exact) mass is 318 g/mol. The standard InChI is InChI=1S/C17H19FN2OS/c1-12(13-5-4-6-14(18)11-13)17(21)20-9-3-2-7-15(20)16-19-8-10-22-16/h4-6,8,10-12,15H,2-3,7,9H2,1H3. The molecule has 0 aliphatic carbocycles. The van der Waals surface area contributed by atoms with Crippen molar-refractivity contribution in [2.75, 3.05) is 6.54 Å². The molecule has 2 atom stereocenters. The molecule has 1 fully saturated rings. The van der Waals surface area contributed by atoms with E-state index in [1.807, 2.05) is 23.3 Å². The van der Waals surface area contributed by atoms with E-state index in [4.69, 9.17) is 0 Å². The largest absolute Gasteiger partial charge is 0.333 e. The van der Waals surface area contributed by atoms with Crippen molar-refractivity contribution >= 4 is 17.2 Å². The highest BCUT2D eigenvalue weighted by Crippen LogP contribution is 2.34. The highest BCUT2D eigenvalue weighted by Gasteiger charge is 2.32. The van der Waals surface area contributed by atoms with E-state index in [9.17, 15) is 9.18 Å². The van der Waals surface area contributed by atoms with Gasteiger partial charge in [0.15, 0.2) is 0 Å². The molecule has 116 valence electrons. The number of thiazole rings is 1. The zero-order valence-electron chi connectivity index (χ0n) is 12.5. The van der Waals surface area contributed by atoms with Gasteiger partial charge in [0.2, 0.25) is 5.91 Å². The van der Waals surface area contributed by atoms with Crippen molar-refractivity contribution in [3.63, 3.8) is 0 Å². The number of hydrogen-bond donors (Lipinski definition) is 0. The van der Waals surface area contributed by atoms with E-state index < -0.39 is 0 Å². The van der Waals surface area contributed by atoms with E-state index in [2.05, 4.69) is 4.98 Å². The molecule has 1 aliphatic heterocycles. The highest BCUT2D eigenvalue weighted by atomic mass is 32.1. The molecule has 3 rings (SSSR count). The highest BCUT2D eigenvalue weighted by molar-refractivity contribution is 7.09. The number of carbonyl (C=O) groups excluding carboxylic acids is 1. The molecular weight excluding hydrogens is 299 g/mol. The van der Waals surface area contributed by atoms with Gasteiger partial charge in [0.1, 0.15) is 10.8 Å². The molecule has 0 saturated carbocycles. The Hall–Kier alpha value is -1.75. The van der Waals surface area contributed by atoms with Crippen LogP contribution in [0.15, 0.2) is 35.8 Å². The molecule has 2 heterocycles. The Labute approximate surface area is 133 Å². The molecule has 22 heavy (non-hydrogen) atoms. The molecule has 2 aromatic rings. The third kappa shape index (κ3) is 3.04. The molecule has 0 spiro atoms. The average Bonchev–Trinajstić information content (AvgIpc) is 3.08. The number of carbonyl (C=O) groups is 1. The van der Waals surface area contributed by atoms with Crippen LogP contribution in [0.2, 0.25) is 0 Å². The molecule has 1 aromatic heterocycles. The lowest BCUT2D eigenvalue weighted by atomic mass is 9.95. The normalized spacial score (nSPS) is 19.9. The van der Waals surface area contributed by atoms with E-state index in [1.54, 1.807) is 23.6 Å². The Morgan fingerprint density at radius 3 is 3.05 bits per heavy atom. The zero-order valence-corrected chi connectivity index (χ0v) is 13.4. The van der Waals surface area contributed by atoms with Gasteiger partial charge in [-0.2, -0.15) is 0 Å². The van der Waals surface area contributed by atoms with Crippen molar-refractivity contribution in [2.45, 2.75) is 38.1 Å². The fourth-order valence-corrected chi connectivity index (χ4v) is 3.80. The van der Waals surface area contributed by atoms with E-state index >= 15 is 0 Å². The Morgan fingerprint density at radius 1 is 1.45 bits per heavy atom. The minimum atomic E-state index is -0.337. The number of rotatable bonds is 3. The van der Waals surface area contributed by atoms with Gasteiger partial charge < -0.3 is 4.90 Å². The van der Waals surface area contributed by atoms with Crippen LogP contribution in [0.5, 0.6) is 0 Å². The third-order valence-electron chi connectivity index (χ3n) is 4.24. The van der Waals surface area contributed by atoms with Crippen LogP contribution in [0.4, 0.5) is 4.39 Å². The first-order valence-electron chi connectivity index (χ1n) is 7.62. The molecule has 1 aromatic carbocycles. The molecule has 0 N–H and O–H groups in total. The fraction of sp³-hybridized carbons (Fsp3) is 0.412. The van der Waals surface area contributed by atoms with Crippen LogP contribution in [0.1, 0.15) is 48.7 Å². The molecule has 0 radical (unpaired) electrons. The van der Waals surface area contributed by atoms with Gasteiger partial charge >= 0.3 is 0 Å². The SMILES string of the molecule is CC(C(=O)N1CCCCC1c1nccs1)c1cccc(F)c1. The lowest BCUT2D eigenvalue weighted by Crippen LogP contribution is -2.40. The van der Waals surface area contributed by atoms with Gasteiger partial charge in [0.05, 0.1) is 12.0 Å². The molecule has 5 heteroatoms. The van der Waals surface area contributed by atoms with Crippen molar-refractivity contribution in [2.24, 2.45) is 0 Å². The average molecular weight is 318 g/mol. The van der Waals surface area contributed by atoms with Crippen LogP contribution in [-0.2, 0) is 4.79 Å². The summed E-state index contributed by atoms with van der Waals surface area (Å²) in [5.74, 6) is -0.575. The molecule has 0 bridgehead atoms. The summed E-state index contributed by atoms with van der Waals surface area (Å²) in [6.07, 6.45) is 4.87. The quantitative estimate of drug-likeness (QED) is 0.852. The Bertz CT molecular complexity index is 644. The topological polar surface area (TPSA) is 33.2 Å². The number of likely N-dealkylation sites (tertiary alicyclic amines) is 1. The molecule has 1 amide bonds. The van der Waals surface area contributed by atoms with Gasteiger partial charge in [-0.25, -0.2) is 9.37 Å². The van der Waals surface area contributed by atoms with E-state index in [-0.39, 0.29) is 23.7 Å². The maximum Gasteiger partial charge on any atom is 0.230 e. The lowest BCUT2D eigenvalue weighted by molar-refractivity contribution is -0.136. The summed E-state index contributed by atoms with van der Waals surface area (Å²) in [4.78, 5) is 19.2. The van der Waals surface area contributed by atoms with Gasteiger partial charge in [-0.1, -0.05) is 12.1 Å². The lowest BCUT2D eigenvalue weighted by Gasteiger charge is -2.36. The number of aromatic nitrogens is 1. The molecule has 1 saturated heterocycles. The van der Waals surface area contributed by atoms with Crippen molar-refractivity contribution in [3.05, 3.63) is 52.2 Å². The number of hydrogen-bond acceptors (Lipinski definition) is 3. The summed E-state index contributed by atoms with van der Waals surface area (Å²) in [6, 6.07) is 6.39. The fourth-order valence-electron chi connectivity index (χ4n) is 3.02. The van der Waals surface area contributed by atoms with Crippen molar-refractivity contribution in [1.29, 1.82) is 0 Å². The second-order valence-corrected chi connectivity index (χ2v) is 6.62. The van der Waals surface area contributed by atoms with E-state index in [1.165, 1.54) is 12.1 Å². The van der Waals surface area contributed by atoms with Crippen LogP contribution in [0.25, 0.3) is 0 Å². The van der Waals surface area contributed by atoms with Crippen LogP contribution < -0.4 is 0 Å². The smallest absolute Gasteiger partial charge is 0.230 e. The molecule has 1 aliphatic rings.